The Hall–Kier alpha value is -0.500. The van der Waals surface area contributed by atoms with E-state index in [-0.39, 0.29) is 5.97 Å². The van der Waals surface area contributed by atoms with Crippen LogP contribution in [0.5, 0.6) is 0 Å². The lowest BCUT2D eigenvalue weighted by Gasteiger charge is -2.21. The lowest BCUT2D eigenvalue weighted by Crippen LogP contribution is -2.12. The van der Waals surface area contributed by atoms with Crippen molar-refractivity contribution in [3.8, 4) is 0 Å². The third kappa shape index (κ3) is 3.81. The molecule has 0 aromatic carbocycles. The molecule has 0 bridgehead atoms. The Kier molecular flexibility index (Phi) is 4.29. The first-order chi connectivity index (χ1) is 6.22. The monoisotopic (exact) mass is 202 g/mol. The Balaban J connectivity index is 2.29. The average molecular weight is 203 g/mol. The van der Waals surface area contributed by atoms with Crippen LogP contribution in [0.3, 0.4) is 0 Å². The van der Waals surface area contributed by atoms with Crippen molar-refractivity contribution in [3.05, 3.63) is 12.2 Å². The minimum absolute atomic E-state index is 0.270. The van der Waals surface area contributed by atoms with E-state index in [1.165, 1.54) is 13.2 Å². The van der Waals surface area contributed by atoms with Crippen LogP contribution < -0.4 is 0 Å². The Morgan fingerprint density at radius 2 is 2.00 bits per heavy atom. The molecule has 3 heteroatoms. The summed E-state index contributed by atoms with van der Waals surface area (Å²) >= 11 is 5.96. The maximum atomic E-state index is 10.8. The summed E-state index contributed by atoms with van der Waals surface area (Å²) in [6, 6.07) is 0. The Bertz CT molecular complexity index is 193. The summed E-state index contributed by atoms with van der Waals surface area (Å²) in [5.74, 6) is 0.238. The second-order valence-corrected chi connectivity index (χ2v) is 4.01. The number of hydrogen-bond donors (Lipinski definition) is 0. The summed E-state index contributed by atoms with van der Waals surface area (Å²) in [6.45, 7) is 0. The molecule has 1 aliphatic carbocycles. The van der Waals surface area contributed by atoms with Gasteiger partial charge in [-0.25, -0.2) is 4.79 Å². The van der Waals surface area contributed by atoms with Crippen molar-refractivity contribution in [2.75, 3.05) is 7.11 Å². The zero-order valence-electron chi connectivity index (χ0n) is 7.83. The minimum Gasteiger partial charge on any atom is -0.466 e. The molecule has 0 atom stereocenters. The predicted molar refractivity (Wildman–Crippen MR) is 52.8 cm³/mol. The van der Waals surface area contributed by atoms with Gasteiger partial charge < -0.3 is 4.74 Å². The highest BCUT2D eigenvalue weighted by atomic mass is 35.5. The lowest BCUT2D eigenvalue weighted by molar-refractivity contribution is -0.134. The molecule has 0 heterocycles. The van der Waals surface area contributed by atoms with Gasteiger partial charge in [-0.15, -0.1) is 11.6 Å². The molecule has 1 fully saturated rings. The minimum atomic E-state index is -0.270. The van der Waals surface area contributed by atoms with Crippen molar-refractivity contribution in [1.29, 1.82) is 0 Å². The van der Waals surface area contributed by atoms with Gasteiger partial charge in [-0.3, -0.25) is 0 Å². The van der Waals surface area contributed by atoms with E-state index in [1.54, 1.807) is 0 Å². The molecular formula is C10H15ClO2. The Morgan fingerprint density at radius 1 is 1.38 bits per heavy atom. The van der Waals surface area contributed by atoms with Crippen LogP contribution >= 0.6 is 11.6 Å². The zero-order chi connectivity index (χ0) is 9.68. The van der Waals surface area contributed by atoms with Crippen molar-refractivity contribution >= 4 is 17.6 Å². The highest BCUT2D eigenvalue weighted by Crippen LogP contribution is 2.28. The van der Waals surface area contributed by atoms with E-state index in [1.807, 2.05) is 6.08 Å². The lowest BCUT2D eigenvalue weighted by atomic mass is 9.89. The molecule has 0 aromatic heterocycles. The first kappa shape index (κ1) is 10.6. The first-order valence-electron chi connectivity index (χ1n) is 4.62. The van der Waals surface area contributed by atoms with Gasteiger partial charge in [-0.05, 0) is 31.6 Å². The molecule has 2 nitrogen and oxygen atoms in total. The van der Waals surface area contributed by atoms with Gasteiger partial charge in [0.15, 0.2) is 0 Å². The summed E-state index contributed by atoms with van der Waals surface area (Å²) in [6.07, 6.45) is 7.73. The van der Waals surface area contributed by atoms with Gasteiger partial charge in [0, 0.05) is 11.5 Å². The molecule has 74 valence electrons. The summed E-state index contributed by atoms with van der Waals surface area (Å²) < 4.78 is 4.51. The standard InChI is InChI=1S/C10H15ClO2/c1-13-10(12)7-4-8-2-5-9(11)6-3-8/h4,7-9H,2-3,5-6H2,1H3/b7-4+. The van der Waals surface area contributed by atoms with Crippen molar-refractivity contribution < 1.29 is 9.53 Å². The molecule has 1 saturated carbocycles. The van der Waals surface area contributed by atoms with Gasteiger partial charge in [0.1, 0.15) is 0 Å². The van der Waals surface area contributed by atoms with Crippen LogP contribution in [0.15, 0.2) is 12.2 Å². The van der Waals surface area contributed by atoms with Gasteiger partial charge in [-0.2, -0.15) is 0 Å². The smallest absolute Gasteiger partial charge is 0.330 e. The summed E-state index contributed by atoms with van der Waals surface area (Å²) in [5.41, 5.74) is 0. The van der Waals surface area contributed by atoms with E-state index < -0.39 is 0 Å². The normalized spacial score (nSPS) is 29.1. The van der Waals surface area contributed by atoms with Crippen molar-refractivity contribution in [1.82, 2.24) is 0 Å². The van der Waals surface area contributed by atoms with Gasteiger partial charge in [-0.1, -0.05) is 6.08 Å². The number of esters is 1. The number of halogens is 1. The number of rotatable bonds is 2. The third-order valence-corrected chi connectivity index (χ3v) is 2.84. The largest absolute Gasteiger partial charge is 0.466 e. The van der Waals surface area contributed by atoms with E-state index in [0.717, 1.165) is 25.7 Å². The Labute approximate surface area is 83.9 Å². The predicted octanol–water partition coefficient (Wildman–Crippen LogP) is 2.51. The van der Waals surface area contributed by atoms with Crippen LogP contribution in [0.4, 0.5) is 0 Å². The molecule has 0 aromatic rings. The fourth-order valence-electron chi connectivity index (χ4n) is 1.55. The molecule has 0 saturated heterocycles. The molecule has 0 radical (unpaired) electrons. The summed E-state index contributed by atoms with van der Waals surface area (Å²) in [5, 5.41) is 0.336. The molecule has 0 N–H and O–H groups in total. The van der Waals surface area contributed by atoms with Gasteiger partial charge >= 0.3 is 5.97 Å². The number of alkyl halides is 1. The quantitative estimate of drug-likeness (QED) is 0.391. The molecule has 1 rings (SSSR count). The molecule has 0 spiro atoms. The second kappa shape index (κ2) is 5.28. The molecule has 0 aliphatic heterocycles. The fraction of sp³-hybridized carbons (Fsp3) is 0.700. The highest BCUT2D eigenvalue weighted by Gasteiger charge is 2.17. The third-order valence-electron chi connectivity index (χ3n) is 2.41. The molecule has 1 aliphatic rings. The molecule has 13 heavy (non-hydrogen) atoms. The SMILES string of the molecule is COC(=O)/C=C/C1CCC(Cl)CC1. The summed E-state index contributed by atoms with van der Waals surface area (Å²) in [4.78, 5) is 10.8. The van der Waals surface area contributed by atoms with Crippen LogP contribution in [0.2, 0.25) is 0 Å². The number of ether oxygens (including phenoxy) is 1. The molecular weight excluding hydrogens is 188 g/mol. The van der Waals surface area contributed by atoms with E-state index >= 15 is 0 Å². The topological polar surface area (TPSA) is 26.3 Å². The van der Waals surface area contributed by atoms with Crippen molar-refractivity contribution in [2.24, 2.45) is 5.92 Å². The van der Waals surface area contributed by atoms with Crippen molar-refractivity contribution in [2.45, 2.75) is 31.1 Å². The summed E-state index contributed by atoms with van der Waals surface area (Å²) in [7, 11) is 1.39. The fourth-order valence-corrected chi connectivity index (χ4v) is 1.81. The zero-order valence-corrected chi connectivity index (χ0v) is 8.59. The second-order valence-electron chi connectivity index (χ2n) is 3.39. The van der Waals surface area contributed by atoms with E-state index in [2.05, 4.69) is 4.74 Å². The van der Waals surface area contributed by atoms with Crippen LogP contribution in [0.1, 0.15) is 25.7 Å². The van der Waals surface area contributed by atoms with Gasteiger partial charge in [0.05, 0.1) is 7.11 Å². The Morgan fingerprint density at radius 3 is 2.54 bits per heavy atom. The van der Waals surface area contributed by atoms with Crippen LogP contribution in [-0.2, 0) is 9.53 Å². The van der Waals surface area contributed by atoms with Crippen LogP contribution in [0, 0.1) is 5.92 Å². The molecule has 0 amide bonds. The number of carbonyl (C=O) groups is 1. The number of carbonyl (C=O) groups excluding carboxylic acids is 1. The van der Waals surface area contributed by atoms with Gasteiger partial charge in [0.2, 0.25) is 0 Å². The number of methoxy groups -OCH3 is 1. The van der Waals surface area contributed by atoms with Crippen molar-refractivity contribution in [3.63, 3.8) is 0 Å². The maximum absolute atomic E-state index is 10.8. The highest BCUT2D eigenvalue weighted by molar-refractivity contribution is 6.20. The first-order valence-corrected chi connectivity index (χ1v) is 5.06. The maximum Gasteiger partial charge on any atom is 0.330 e. The average Bonchev–Trinajstić information content (AvgIpc) is 2.16. The number of allylic oxidation sites excluding steroid dienone is 1. The number of hydrogen-bond acceptors (Lipinski definition) is 2. The van der Waals surface area contributed by atoms with Crippen LogP contribution in [-0.4, -0.2) is 18.5 Å². The van der Waals surface area contributed by atoms with Gasteiger partial charge in [0.25, 0.3) is 0 Å². The molecule has 0 unspecified atom stereocenters. The van der Waals surface area contributed by atoms with E-state index in [4.69, 9.17) is 11.6 Å². The van der Waals surface area contributed by atoms with E-state index in [9.17, 15) is 4.79 Å². The van der Waals surface area contributed by atoms with Crippen LogP contribution in [0.25, 0.3) is 0 Å². The van der Waals surface area contributed by atoms with E-state index in [0.29, 0.717) is 11.3 Å².